The van der Waals surface area contributed by atoms with Crippen LogP contribution >= 0.6 is 23.6 Å². The van der Waals surface area contributed by atoms with Gasteiger partial charge >= 0.3 is 0 Å². The van der Waals surface area contributed by atoms with Gasteiger partial charge in [0, 0.05) is 6.42 Å². The molecule has 0 bridgehead atoms. The number of benzene rings is 1. The largest absolute Gasteiger partial charge is 0.375 e. The molecule has 0 aliphatic carbocycles. The van der Waals surface area contributed by atoms with Gasteiger partial charge in [0.05, 0.1) is 16.6 Å². The molecule has 0 saturated heterocycles. The molecule has 1 atom stereocenters. The summed E-state index contributed by atoms with van der Waals surface area (Å²) in [6.07, 6.45) is 0.834. The van der Waals surface area contributed by atoms with Crippen LogP contribution in [-0.4, -0.2) is 15.8 Å². The number of aryl methyl sites for hydroxylation is 1. The smallest absolute Gasteiger partial charge is 0.187 e. The Morgan fingerprint density at radius 3 is 2.70 bits per heavy atom. The lowest BCUT2D eigenvalue weighted by Gasteiger charge is -2.21. The molecule has 2 heterocycles. The summed E-state index contributed by atoms with van der Waals surface area (Å²) < 4.78 is 0. The van der Waals surface area contributed by atoms with E-state index in [1.807, 2.05) is 6.07 Å². The van der Waals surface area contributed by atoms with E-state index < -0.39 is 0 Å². The van der Waals surface area contributed by atoms with Crippen molar-refractivity contribution >= 4 is 34.4 Å². The molecule has 1 aliphatic heterocycles. The molecule has 3 rings (SSSR count). The fourth-order valence-electron chi connectivity index (χ4n) is 2.35. The van der Waals surface area contributed by atoms with E-state index in [1.165, 1.54) is 16.0 Å². The first-order valence-electron chi connectivity index (χ1n) is 6.42. The van der Waals surface area contributed by atoms with Crippen LogP contribution in [0.2, 0.25) is 0 Å². The third-order valence-corrected chi connectivity index (χ3v) is 4.51. The third kappa shape index (κ3) is 2.46. The molecule has 1 aromatic carbocycles. The summed E-state index contributed by atoms with van der Waals surface area (Å²) in [7, 11) is 0. The molecule has 2 aromatic rings. The number of hydrogen-bond acceptors (Lipinski definition) is 3. The van der Waals surface area contributed by atoms with Crippen LogP contribution in [0.4, 0.5) is 0 Å². The van der Waals surface area contributed by atoms with Crippen molar-refractivity contribution in [3.05, 3.63) is 57.8 Å². The van der Waals surface area contributed by atoms with Crippen LogP contribution in [0.5, 0.6) is 0 Å². The van der Waals surface area contributed by atoms with Crippen molar-refractivity contribution < 1.29 is 0 Å². The van der Waals surface area contributed by atoms with Crippen molar-refractivity contribution in [3.63, 3.8) is 0 Å². The molecular formula is C15H15N3S2. The first kappa shape index (κ1) is 13.3. The van der Waals surface area contributed by atoms with Gasteiger partial charge in [-0.2, -0.15) is 5.10 Å². The zero-order chi connectivity index (χ0) is 14.1. The van der Waals surface area contributed by atoms with Crippen molar-refractivity contribution in [2.45, 2.75) is 19.4 Å². The van der Waals surface area contributed by atoms with Crippen LogP contribution in [0.25, 0.3) is 0 Å². The zero-order valence-electron chi connectivity index (χ0n) is 11.1. The Kier molecular flexibility index (Phi) is 3.54. The second-order valence-corrected chi connectivity index (χ2v) is 6.20. The fraction of sp³-hybridized carbons (Fsp3) is 0.200. The average molecular weight is 301 g/mol. The maximum absolute atomic E-state index is 5.82. The van der Waals surface area contributed by atoms with E-state index in [2.05, 4.69) is 47.7 Å². The number of rotatable bonds is 2. The number of nitrogens with zero attached hydrogens (tertiary/aromatic N) is 2. The monoisotopic (exact) mass is 301 g/mol. The zero-order valence-corrected chi connectivity index (χ0v) is 12.7. The molecule has 0 amide bonds. The molecule has 20 heavy (non-hydrogen) atoms. The standard InChI is InChI=1S/C15H15N3S2/c1-10-4-6-11(7-5-10)13-9-12(14-3-2-8-20-14)17-18(13)15(16)19/h2-8,13H,9H2,1H3,(H2,16,19)/t13-/m1/s1. The topological polar surface area (TPSA) is 41.6 Å². The van der Waals surface area contributed by atoms with Crippen LogP contribution in [0.15, 0.2) is 46.9 Å². The Labute approximate surface area is 127 Å². The number of thiocarbonyl (C=S) groups is 1. The van der Waals surface area contributed by atoms with Crippen molar-refractivity contribution in [1.29, 1.82) is 0 Å². The first-order chi connectivity index (χ1) is 9.65. The lowest BCUT2D eigenvalue weighted by molar-refractivity contribution is 0.372. The quantitative estimate of drug-likeness (QED) is 0.864. The second-order valence-electron chi connectivity index (χ2n) is 4.84. The molecule has 0 radical (unpaired) electrons. The van der Waals surface area contributed by atoms with E-state index in [4.69, 9.17) is 18.0 Å². The summed E-state index contributed by atoms with van der Waals surface area (Å²) >= 11 is 6.83. The van der Waals surface area contributed by atoms with Crippen LogP contribution < -0.4 is 5.73 Å². The fourth-order valence-corrected chi connectivity index (χ4v) is 3.24. The normalized spacial score (nSPS) is 18.1. The maximum atomic E-state index is 5.82. The summed E-state index contributed by atoms with van der Waals surface area (Å²) in [4.78, 5) is 1.18. The molecule has 0 spiro atoms. The Bertz CT molecular complexity index is 644. The van der Waals surface area contributed by atoms with Crippen LogP contribution in [0.1, 0.15) is 28.5 Å². The van der Waals surface area contributed by atoms with Gasteiger partial charge in [0.15, 0.2) is 5.11 Å². The van der Waals surface area contributed by atoms with Crippen molar-refractivity contribution in [2.75, 3.05) is 0 Å². The van der Waals surface area contributed by atoms with Gasteiger partial charge in [-0.15, -0.1) is 11.3 Å². The summed E-state index contributed by atoms with van der Waals surface area (Å²) in [6, 6.07) is 12.7. The van der Waals surface area contributed by atoms with E-state index in [0.717, 1.165) is 12.1 Å². The van der Waals surface area contributed by atoms with Crippen molar-refractivity contribution in [3.8, 4) is 0 Å². The Morgan fingerprint density at radius 1 is 1.35 bits per heavy atom. The molecule has 0 fully saturated rings. The first-order valence-corrected chi connectivity index (χ1v) is 7.70. The number of hydrazone groups is 1. The summed E-state index contributed by atoms with van der Waals surface area (Å²) in [5.41, 5.74) is 9.32. The van der Waals surface area contributed by atoms with E-state index >= 15 is 0 Å². The molecule has 1 aliphatic rings. The molecule has 1 aromatic heterocycles. The van der Waals surface area contributed by atoms with E-state index in [-0.39, 0.29) is 6.04 Å². The van der Waals surface area contributed by atoms with Crippen molar-refractivity contribution in [2.24, 2.45) is 10.8 Å². The number of thiophene rings is 1. The number of nitrogens with two attached hydrogens (primary N) is 1. The van der Waals surface area contributed by atoms with Crippen LogP contribution in [0.3, 0.4) is 0 Å². The number of hydrogen-bond donors (Lipinski definition) is 1. The molecular weight excluding hydrogens is 286 g/mol. The van der Waals surface area contributed by atoms with Gasteiger partial charge in [-0.1, -0.05) is 35.9 Å². The van der Waals surface area contributed by atoms with E-state index in [0.29, 0.717) is 5.11 Å². The molecule has 0 saturated carbocycles. The minimum absolute atomic E-state index is 0.102. The highest BCUT2D eigenvalue weighted by atomic mass is 32.1. The minimum atomic E-state index is 0.102. The summed E-state index contributed by atoms with van der Waals surface area (Å²) in [5.74, 6) is 0. The Morgan fingerprint density at radius 2 is 2.10 bits per heavy atom. The molecule has 3 nitrogen and oxygen atoms in total. The molecule has 5 heteroatoms. The summed E-state index contributed by atoms with van der Waals surface area (Å²) in [5, 5.41) is 8.74. The highest BCUT2D eigenvalue weighted by molar-refractivity contribution is 7.80. The van der Waals surface area contributed by atoms with Crippen molar-refractivity contribution in [1.82, 2.24) is 5.01 Å². The third-order valence-electron chi connectivity index (χ3n) is 3.40. The Balaban J connectivity index is 1.93. The Hall–Kier alpha value is -1.72. The van der Waals surface area contributed by atoms with Gasteiger partial charge in [-0.3, -0.25) is 0 Å². The lowest BCUT2D eigenvalue weighted by Crippen LogP contribution is -2.31. The predicted molar refractivity (Wildman–Crippen MR) is 88.0 cm³/mol. The van der Waals surface area contributed by atoms with Crippen LogP contribution in [-0.2, 0) is 0 Å². The SMILES string of the molecule is Cc1ccc([C@H]2CC(c3cccs3)=NN2C(N)=S)cc1. The van der Waals surface area contributed by atoms with Gasteiger partial charge in [0.1, 0.15) is 0 Å². The second kappa shape index (κ2) is 5.34. The molecule has 0 unspecified atom stereocenters. The van der Waals surface area contributed by atoms with E-state index in [1.54, 1.807) is 16.3 Å². The van der Waals surface area contributed by atoms with Gasteiger partial charge in [-0.05, 0) is 36.2 Å². The van der Waals surface area contributed by atoms with Crippen LogP contribution in [0, 0.1) is 6.92 Å². The van der Waals surface area contributed by atoms with Gasteiger partial charge in [0.2, 0.25) is 0 Å². The predicted octanol–water partition coefficient (Wildman–Crippen LogP) is 3.45. The van der Waals surface area contributed by atoms with E-state index in [9.17, 15) is 0 Å². The molecule has 102 valence electrons. The lowest BCUT2D eigenvalue weighted by atomic mass is 10.0. The highest BCUT2D eigenvalue weighted by Gasteiger charge is 2.30. The molecule has 2 N–H and O–H groups in total. The maximum Gasteiger partial charge on any atom is 0.187 e. The average Bonchev–Trinajstić information content (AvgIpc) is 3.08. The van der Waals surface area contributed by atoms with Gasteiger partial charge < -0.3 is 5.73 Å². The summed E-state index contributed by atoms with van der Waals surface area (Å²) in [6.45, 7) is 2.08. The minimum Gasteiger partial charge on any atom is -0.375 e. The van der Waals surface area contributed by atoms with Gasteiger partial charge in [-0.25, -0.2) is 5.01 Å². The van der Waals surface area contributed by atoms with Gasteiger partial charge in [0.25, 0.3) is 0 Å². The highest BCUT2D eigenvalue weighted by Crippen LogP contribution is 2.33.